The predicted octanol–water partition coefficient (Wildman–Crippen LogP) is 3.36. The summed E-state index contributed by atoms with van der Waals surface area (Å²) in [7, 11) is 0. The fourth-order valence-corrected chi connectivity index (χ4v) is 1.66. The lowest BCUT2D eigenvalue weighted by molar-refractivity contribution is -0.140. The van der Waals surface area contributed by atoms with Crippen LogP contribution in [0.25, 0.3) is 0 Å². The molecule has 0 radical (unpaired) electrons. The number of hydrogen-bond acceptors (Lipinski definition) is 2. The number of halogens is 4. The Morgan fingerprint density at radius 3 is 2.58 bits per heavy atom. The molecular formula is C13H17F4NO. The lowest BCUT2D eigenvalue weighted by Gasteiger charge is -2.14. The Labute approximate surface area is 109 Å². The zero-order valence-corrected chi connectivity index (χ0v) is 10.9. The van der Waals surface area contributed by atoms with Crippen molar-refractivity contribution in [2.24, 2.45) is 0 Å². The molecule has 0 heterocycles. The van der Waals surface area contributed by atoms with Crippen molar-refractivity contribution in [2.45, 2.75) is 32.7 Å². The monoisotopic (exact) mass is 279 g/mol. The molecule has 6 heteroatoms. The van der Waals surface area contributed by atoms with Gasteiger partial charge in [0.05, 0.1) is 11.7 Å². The topological polar surface area (TPSA) is 21.3 Å². The smallest absolute Gasteiger partial charge is 0.377 e. The Kier molecular flexibility index (Phi) is 5.75. The van der Waals surface area contributed by atoms with E-state index in [0.717, 1.165) is 12.1 Å². The number of ether oxygens (including phenoxy) is 1. The molecule has 1 aromatic rings. The van der Waals surface area contributed by atoms with Gasteiger partial charge in [0.2, 0.25) is 0 Å². The van der Waals surface area contributed by atoms with Crippen molar-refractivity contribution >= 4 is 0 Å². The highest BCUT2D eigenvalue weighted by molar-refractivity contribution is 5.27. The molecule has 0 saturated carbocycles. The van der Waals surface area contributed by atoms with Gasteiger partial charge in [-0.25, -0.2) is 4.39 Å². The average Bonchev–Trinajstić information content (AvgIpc) is 2.30. The molecule has 1 aromatic carbocycles. The van der Waals surface area contributed by atoms with Gasteiger partial charge in [-0.05, 0) is 31.5 Å². The van der Waals surface area contributed by atoms with E-state index in [4.69, 9.17) is 4.74 Å². The van der Waals surface area contributed by atoms with Gasteiger partial charge in [-0.15, -0.1) is 0 Å². The van der Waals surface area contributed by atoms with E-state index in [2.05, 4.69) is 5.32 Å². The normalized spacial score (nSPS) is 13.6. The summed E-state index contributed by atoms with van der Waals surface area (Å²) in [5.74, 6) is -1.25. The number of rotatable bonds is 6. The third kappa shape index (κ3) is 5.16. The van der Waals surface area contributed by atoms with Crippen LogP contribution < -0.4 is 5.32 Å². The minimum Gasteiger partial charge on any atom is -0.377 e. The molecular weight excluding hydrogens is 262 g/mol. The van der Waals surface area contributed by atoms with Crippen molar-refractivity contribution in [3.8, 4) is 0 Å². The zero-order valence-electron chi connectivity index (χ0n) is 10.9. The summed E-state index contributed by atoms with van der Waals surface area (Å²) in [5, 5.41) is 2.97. The van der Waals surface area contributed by atoms with Crippen LogP contribution in [0.3, 0.4) is 0 Å². The summed E-state index contributed by atoms with van der Waals surface area (Å²) in [4.78, 5) is 0. The highest BCUT2D eigenvalue weighted by Gasteiger charge is 2.34. The van der Waals surface area contributed by atoms with Crippen molar-refractivity contribution in [2.75, 3.05) is 13.2 Å². The van der Waals surface area contributed by atoms with Crippen molar-refractivity contribution < 1.29 is 22.3 Å². The number of benzene rings is 1. The van der Waals surface area contributed by atoms with Gasteiger partial charge >= 0.3 is 6.18 Å². The van der Waals surface area contributed by atoms with Crippen LogP contribution in [0.2, 0.25) is 0 Å². The van der Waals surface area contributed by atoms with Gasteiger partial charge in [-0.1, -0.05) is 6.07 Å². The van der Waals surface area contributed by atoms with Crippen LogP contribution in [0.15, 0.2) is 18.2 Å². The Hall–Kier alpha value is -1.14. The van der Waals surface area contributed by atoms with Crippen LogP contribution in [0.5, 0.6) is 0 Å². The quantitative estimate of drug-likeness (QED) is 0.806. The van der Waals surface area contributed by atoms with Crippen LogP contribution in [-0.2, 0) is 17.5 Å². The fraction of sp³-hybridized carbons (Fsp3) is 0.538. The molecule has 19 heavy (non-hydrogen) atoms. The summed E-state index contributed by atoms with van der Waals surface area (Å²) in [6.07, 6.45) is -4.69. The minimum atomic E-state index is -4.67. The molecule has 1 N–H and O–H groups in total. The van der Waals surface area contributed by atoms with E-state index >= 15 is 0 Å². The highest BCUT2D eigenvalue weighted by Crippen LogP contribution is 2.31. The van der Waals surface area contributed by atoms with Gasteiger partial charge in [0, 0.05) is 19.7 Å². The van der Waals surface area contributed by atoms with E-state index in [1.165, 1.54) is 6.07 Å². The van der Waals surface area contributed by atoms with Crippen molar-refractivity contribution in [3.05, 3.63) is 35.1 Å². The van der Waals surface area contributed by atoms with Gasteiger partial charge in [0.25, 0.3) is 0 Å². The molecule has 0 aliphatic rings. The Morgan fingerprint density at radius 2 is 2.00 bits per heavy atom. The van der Waals surface area contributed by atoms with Crippen LogP contribution >= 0.6 is 0 Å². The SMILES string of the molecule is CCOC(C)CNCc1ccc(F)c(C(F)(F)F)c1. The van der Waals surface area contributed by atoms with Gasteiger partial charge in [-0.3, -0.25) is 0 Å². The first-order chi connectivity index (χ1) is 8.84. The maximum Gasteiger partial charge on any atom is 0.419 e. The minimum absolute atomic E-state index is 0.0208. The second-order valence-electron chi connectivity index (χ2n) is 4.21. The molecule has 0 bridgehead atoms. The van der Waals surface area contributed by atoms with Gasteiger partial charge in [0.1, 0.15) is 5.82 Å². The molecule has 0 aromatic heterocycles. The second-order valence-corrected chi connectivity index (χ2v) is 4.21. The molecule has 0 aliphatic heterocycles. The van der Waals surface area contributed by atoms with Gasteiger partial charge in [-0.2, -0.15) is 13.2 Å². The standard InChI is InChI=1S/C13H17F4NO/c1-3-19-9(2)7-18-8-10-4-5-12(14)11(6-10)13(15,16)17/h4-6,9,18H,3,7-8H2,1-2H3. The van der Waals surface area contributed by atoms with E-state index in [1.54, 1.807) is 0 Å². The molecule has 1 unspecified atom stereocenters. The summed E-state index contributed by atoms with van der Waals surface area (Å²) in [6.45, 7) is 5.07. The molecule has 1 rings (SSSR count). The molecule has 1 atom stereocenters. The Balaban J connectivity index is 2.60. The van der Waals surface area contributed by atoms with Crippen molar-refractivity contribution in [1.29, 1.82) is 0 Å². The molecule has 2 nitrogen and oxygen atoms in total. The largest absolute Gasteiger partial charge is 0.419 e. The fourth-order valence-electron chi connectivity index (χ4n) is 1.66. The summed E-state index contributed by atoms with van der Waals surface area (Å²) in [5.41, 5.74) is -0.845. The van der Waals surface area contributed by atoms with E-state index in [9.17, 15) is 17.6 Å². The van der Waals surface area contributed by atoms with E-state index in [-0.39, 0.29) is 12.6 Å². The van der Waals surface area contributed by atoms with Crippen LogP contribution in [0.4, 0.5) is 17.6 Å². The third-order valence-electron chi connectivity index (χ3n) is 2.55. The predicted molar refractivity (Wildman–Crippen MR) is 64.2 cm³/mol. The molecule has 0 aliphatic carbocycles. The summed E-state index contributed by atoms with van der Waals surface area (Å²) >= 11 is 0. The Morgan fingerprint density at radius 1 is 1.32 bits per heavy atom. The molecule has 0 amide bonds. The zero-order chi connectivity index (χ0) is 14.5. The first-order valence-corrected chi connectivity index (χ1v) is 6.02. The van der Waals surface area contributed by atoms with Crippen molar-refractivity contribution in [3.63, 3.8) is 0 Å². The first-order valence-electron chi connectivity index (χ1n) is 6.02. The average molecular weight is 279 g/mol. The molecule has 0 spiro atoms. The number of nitrogens with one attached hydrogen (secondary N) is 1. The Bertz CT molecular complexity index is 406. The van der Waals surface area contributed by atoms with Crippen LogP contribution in [-0.4, -0.2) is 19.3 Å². The summed E-state index contributed by atoms with van der Waals surface area (Å²) in [6, 6.07) is 3.00. The lowest BCUT2D eigenvalue weighted by atomic mass is 10.1. The van der Waals surface area contributed by atoms with Crippen LogP contribution in [0, 0.1) is 5.82 Å². The van der Waals surface area contributed by atoms with Crippen molar-refractivity contribution in [1.82, 2.24) is 5.32 Å². The number of alkyl halides is 3. The maximum atomic E-state index is 13.1. The van der Waals surface area contributed by atoms with E-state index in [1.807, 2.05) is 13.8 Å². The van der Waals surface area contributed by atoms with E-state index in [0.29, 0.717) is 18.7 Å². The highest BCUT2D eigenvalue weighted by atomic mass is 19.4. The molecule has 108 valence electrons. The maximum absolute atomic E-state index is 13.1. The number of hydrogen-bond donors (Lipinski definition) is 1. The van der Waals surface area contributed by atoms with Crippen LogP contribution in [0.1, 0.15) is 25.0 Å². The molecule has 0 fully saturated rings. The second kappa shape index (κ2) is 6.86. The van der Waals surface area contributed by atoms with E-state index < -0.39 is 17.6 Å². The lowest BCUT2D eigenvalue weighted by Crippen LogP contribution is -2.26. The molecule has 0 saturated heterocycles. The van der Waals surface area contributed by atoms with Gasteiger partial charge in [0.15, 0.2) is 0 Å². The summed E-state index contributed by atoms with van der Waals surface area (Å²) < 4.78 is 55.8. The third-order valence-corrected chi connectivity index (χ3v) is 2.55. The first kappa shape index (κ1) is 15.9. The van der Waals surface area contributed by atoms with Gasteiger partial charge < -0.3 is 10.1 Å².